The maximum atomic E-state index is 10.3. The summed E-state index contributed by atoms with van der Waals surface area (Å²) in [6, 6.07) is 11.8. The van der Waals surface area contributed by atoms with Gasteiger partial charge in [0.05, 0.1) is 12.1 Å². The number of rotatable bonds is 6. The first kappa shape index (κ1) is 38.8. The second-order valence-electron chi connectivity index (χ2n) is 12.9. The standard InChI is InChI=1S/C29H40N2O2.2C2H4O2.Co/c1-28(2,3)16-20-10-12-26(32)22(14-20)18-30-24-8-7-9-25(24)31-19-23-15-21(11-13-27(23)33)17-29(4,5)6;2*1-2(3)4;/h10-15,18-19,24-25,32-33H,7-9,16-17H2,1-6H3;2*1H3,(H,3,4);/q;;;+2/p-2. The van der Waals surface area contributed by atoms with Crippen molar-refractivity contribution in [2.45, 2.75) is 99.6 Å². The second-order valence-corrected chi connectivity index (χ2v) is 12.9. The minimum atomic E-state index is -1.08. The molecule has 2 atom stereocenters. The third-order valence-electron chi connectivity index (χ3n) is 5.91. The van der Waals surface area contributed by atoms with Crippen LogP contribution in [0.5, 0.6) is 11.5 Å². The van der Waals surface area contributed by atoms with Gasteiger partial charge >= 0.3 is 16.8 Å². The molecule has 2 aromatic carbocycles. The minimum Gasteiger partial charge on any atom is -0.550 e. The van der Waals surface area contributed by atoms with Gasteiger partial charge in [0.2, 0.25) is 0 Å². The van der Waals surface area contributed by atoms with Gasteiger partial charge in [0, 0.05) is 35.5 Å². The van der Waals surface area contributed by atoms with Gasteiger partial charge in [-0.1, -0.05) is 53.7 Å². The fourth-order valence-corrected chi connectivity index (χ4v) is 4.48. The number of phenolic OH excluding ortho intramolecular Hbond substituents is 2. The molecule has 1 fully saturated rings. The van der Waals surface area contributed by atoms with Gasteiger partial charge in [-0.2, -0.15) is 0 Å². The van der Waals surface area contributed by atoms with Crippen molar-refractivity contribution in [3.8, 4) is 11.5 Å². The van der Waals surface area contributed by atoms with Gasteiger partial charge in [-0.3, -0.25) is 9.98 Å². The molecule has 1 aliphatic carbocycles. The molecule has 8 nitrogen and oxygen atoms in total. The van der Waals surface area contributed by atoms with E-state index in [0.717, 1.165) is 57.1 Å². The van der Waals surface area contributed by atoms with Gasteiger partial charge in [-0.25, -0.2) is 0 Å². The quantitative estimate of drug-likeness (QED) is 0.460. The molecule has 0 bridgehead atoms. The summed E-state index contributed by atoms with van der Waals surface area (Å²) in [6.45, 7) is 15.2. The van der Waals surface area contributed by atoms with Crippen LogP contribution in [0.4, 0.5) is 0 Å². The van der Waals surface area contributed by atoms with Gasteiger partial charge in [0.25, 0.3) is 0 Å². The Kier molecular flexibility index (Phi) is 16.4. The van der Waals surface area contributed by atoms with E-state index in [1.807, 2.05) is 24.3 Å². The molecule has 2 aromatic rings. The molecule has 0 saturated heterocycles. The first-order chi connectivity index (χ1) is 18.9. The van der Waals surface area contributed by atoms with Gasteiger partial charge < -0.3 is 30.0 Å². The summed E-state index contributed by atoms with van der Waals surface area (Å²) in [5.74, 6) is -1.65. The molecule has 233 valence electrons. The average molecular weight is 626 g/mol. The summed E-state index contributed by atoms with van der Waals surface area (Å²) in [6.07, 6.45) is 8.55. The van der Waals surface area contributed by atoms with Crippen molar-refractivity contribution in [1.82, 2.24) is 0 Å². The predicted molar refractivity (Wildman–Crippen MR) is 161 cm³/mol. The van der Waals surface area contributed by atoms with E-state index < -0.39 is 11.9 Å². The fourth-order valence-electron chi connectivity index (χ4n) is 4.48. The molecule has 2 unspecified atom stereocenters. The summed E-state index contributed by atoms with van der Waals surface area (Å²) in [4.78, 5) is 27.4. The predicted octanol–water partition coefficient (Wildman–Crippen LogP) is 4.24. The van der Waals surface area contributed by atoms with E-state index in [-0.39, 0.29) is 51.2 Å². The fraction of sp³-hybridized carbons (Fsp3) is 0.515. The first-order valence-electron chi connectivity index (χ1n) is 13.9. The summed E-state index contributed by atoms with van der Waals surface area (Å²) >= 11 is 0. The Morgan fingerprint density at radius 2 is 1.07 bits per heavy atom. The molecule has 1 aliphatic rings. The molecule has 42 heavy (non-hydrogen) atoms. The zero-order valence-corrected chi connectivity index (χ0v) is 27.1. The molecule has 0 aromatic heterocycles. The summed E-state index contributed by atoms with van der Waals surface area (Å²) in [5, 5.41) is 38.4. The molecule has 0 heterocycles. The molecule has 0 aliphatic heterocycles. The monoisotopic (exact) mass is 625 g/mol. The topological polar surface area (TPSA) is 145 Å². The zero-order valence-electron chi connectivity index (χ0n) is 26.1. The Labute approximate surface area is 261 Å². The number of aromatic hydroxyl groups is 2. The van der Waals surface area contributed by atoms with Gasteiger partial charge in [0.15, 0.2) is 0 Å². The van der Waals surface area contributed by atoms with Crippen molar-refractivity contribution >= 4 is 24.4 Å². The van der Waals surface area contributed by atoms with Crippen LogP contribution >= 0.6 is 0 Å². The first-order valence-corrected chi connectivity index (χ1v) is 13.9. The number of aliphatic carboxylic acids is 2. The number of nitrogens with zero attached hydrogens (tertiary/aromatic N) is 2. The van der Waals surface area contributed by atoms with Crippen LogP contribution in [-0.4, -0.2) is 46.7 Å². The molecule has 1 radical (unpaired) electrons. The molecule has 9 heteroatoms. The van der Waals surface area contributed by atoms with Crippen LogP contribution in [0.2, 0.25) is 0 Å². The van der Waals surface area contributed by atoms with Crippen LogP contribution in [0.25, 0.3) is 0 Å². The number of carbonyl (C=O) groups is 2. The van der Waals surface area contributed by atoms with Crippen LogP contribution < -0.4 is 10.2 Å². The van der Waals surface area contributed by atoms with Crippen molar-refractivity contribution in [3.63, 3.8) is 0 Å². The van der Waals surface area contributed by atoms with Crippen molar-refractivity contribution in [1.29, 1.82) is 0 Å². The van der Waals surface area contributed by atoms with Gasteiger partial charge in [-0.15, -0.1) is 0 Å². The normalized spacial score (nSPS) is 16.7. The number of hydrogen-bond donors (Lipinski definition) is 2. The van der Waals surface area contributed by atoms with Gasteiger partial charge in [-0.05, 0) is 92.2 Å². The molecule has 0 amide bonds. The zero-order chi connectivity index (χ0) is 31.4. The SMILES string of the molecule is CC(=O)[O-].CC(=O)[O-].CC(C)(C)Cc1ccc(O)c(C=NC2CCCC2N=Cc2cc(CC(C)(C)C)ccc2O)c1.[Co+2]. The van der Waals surface area contributed by atoms with Crippen molar-refractivity contribution in [2.75, 3.05) is 0 Å². The smallest absolute Gasteiger partial charge is 0.550 e. The maximum absolute atomic E-state index is 10.3. The molecule has 3 rings (SSSR count). The number of carboxylic acid groups (broad SMARTS) is 2. The molecule has 2 N–H and O–H groups in total. The Bertz CT molecular complexity index is 1110. The minimum absolute atomic E-state index is 0. The molecular formula is C33H46CoN2O6. The van der Waals surface area contributed by atoms with Crippen LogP contribution in [-0.2, 0) is 39.2 Å². The third kappa shape index (κ3) is 16.9. The van der Waals surface area contributed by atoms with Crippen molar-refractivity contribution < 1.29 is 46.8 Å². The number of carboxylic acids is 2. The van der Waals surface area contributed by atoms with E-state index in [1.54, 1.807) is 24.6 Å². The average Bonchev–Trinajstić information content (AvgIpc) is 3.24. The molecular weight excluding hydrogens is 579 g/mol. The Hall–Kier alpha value is -3.17. The summed E-state index contributed by atoms with van der Waals surface area (Å²) in [5.41, 5.74) is 4.30. The van der Waals surface area contributed by atoms with E-state index in [4.69, 9.17) is 29.8 Å². The summed E-state index contributed by atoms with van der Waals surface area (Å²) in [7, 11) is 0. The summed E-state index contributed by atoms with van der Waals surface area (Å²) < 4.78 is 0. The Morgan fingerprint density at radius 3 is 1.36 bits per heavy atom. The van der Waals surface area contributed by atoms with Crippen molar-refractivity contribution in [3.05, 3.63) is 58.7 Å². The Morgan fingerprint density at radius 1 is 0.762 bits per heavy atom. The van der Waals surface area contributed by atoms with Gasteiger partial charge in [0.1, 0.15) is 11.5 Å². The van der Waals surface area contributed by atoms with Crippen LogP contribution in [0.3, 0.4) is 0 Å². The number of benzene rings is 2. The number of hydrogen-bond acceptors (Lipinski definition) is 8. The third-order valence-corrected chi connectivity index (χ3v) is 5.91. The largest absolute Gasteiger partial charge is 2.00 e. The Balaban J connectivity index is 0.00000166. The van der Waals surface area contributed by atoms with Crippen molar-refractivity contribution in [2.24, 2.45) is 20.8 Å². The van der Waals surface area contributed by atoms with E-state index in [2.05, 4.69) is 41.5 Å². The number of carbonyl (C=O) groups excluding carboxylic acids is 2. The molecule has 0 spiro atoms. The second kappa shape index (κ2) is 17.7. The number of aliphatic imine (C=N–C) groups is 2. The maximum Gasteiger partial charge on any atom is 2.00 e. The van der Waals surface area contributed by atoms with E-state index >= 15 is 0 Å². The van der Waals surface area contributed by atoms with E-state index in [9.17, 15) is 10.2 Å². The number of phenols is 2. The van der Waals surface area contributed by atoms with Crippen LogP contribution in [0.15, 0.2) is 46.4 Å². The van der Waals surface area contributed by atoms with Crippen LogP contribution in [0.1, 0.15) is 96.9 Å². The van der Waals surface area contributed by atoms with E-state index in [1.165, 1.54) is 11.1 Å². The van der Waals surface area contributed by atoms with Crippen LogP contribution in [0, 0.1) is 10.8 Å². The van der Waals surface area contributed by atoms with E-state index in [0.29, 0.717) is 0 Å². The molecule has 1 saturated carbocycles.